The highest BCUT2D eigenvalue weighted by Crippen LogP contribution is 2.49. The summed E-state index contributed by atoms with van der Waals surface area (Å²) in [5, 5.41) is 0. The van der Waals surface area contributed by atoms with E-state index in [4.69, 9.17) is 9.72 Å². The normalized spacial score (nSPS) is 20.1. The number of aromatic nitrogens is 2. The summed E-state index contributed by atoms with van der Waals surface area (Å²) < 4.78 is 20.4. The van der Waals surface area contributed by atoms with E-state index in [2.05, 4.69) is 36.8 Å². The van der Waals surface area contributed by atoms with Crippen LogP contribution in [0.5, 0.6) is 0 Å². The highest BCUT2D eigenvalue weighted by Gasteiger charge is 2.49. The summed E-state index contributed by atoms with van der Waals surface area (Å²) in [6, 6.07) is 13.3. The molecule has 0 aliphatic heterocycles. The summed E-state index contributed by atoms with van der Waals surface area (Å²) in [7, 11) is 2.14. The van der Waals surface area contributed by atoms with E-state index in [0.717, 1.165) is 86.0 Å². The van der Waals surface area contributed by atoms with Crippen molar-refractivity contribution in [1.29, 1.82) is 0 Å². The number of aryl methyl sites for hydroxylation is 2. The number of nitrogens with one attached hydrogen (secondary N) is 1. The topological polar surface area (TPSA) is 89.7 Å². The Morgan fingerprint density at radius 3 is 2.62 bits per heavy atom. The number of benzene rings is 2. The average Bonchev–Trinajstić information content (AvgIpc) is 3.62. The van der Waals surface area contributed by atoms with Gasteiger partial charge < -0.3 is 20.1 Å². The minimum atomic E-state index is -0.550. The van der Waals surface area contributed by atoms with Crippen molar-refractivity contribution in [2.75, 3.05) is 20.1 Å². The molecule has 216 valence electrons. The Bertz CT molecular complexity index is 1200. The molecule has 0 amide bonds. The van der Waals surface area contributed by atoms with Crippen LogP contribution in [0.2, 0.25) is 0 Å². The van der Waals surface area contributed by atoms with Crippen LogP contribution in [0.1, 0.15) is 68.8 Å². The van der Waals surface area contributed by atoms with Crippen molar-refractivity contribution in [1.82, 2.24) is 14.9 Å². The number of ether oxygens (including phenoxy) is 1. The molecule has 2 atom stereocenters. The van der Waals surface area contributed by atoms with Gasteiger partial charge in [-0.15, -0.1) is 24.8 Å². The number of rotatable bonds is 10. The fourth-order valence-corrected chi connectivity index (χ4v) is 6.03. The van der Waals surface area contributed by atoms with E-state index in [1.807, 2.05) is 24.3 Å². The number of carbonyl (C=O) groups is 1. The van der Waals surface area contributed by atoms with Crippen molar-refractivity contribution < 1.29 is 19.4 Å². The molecular formula is C30H42Cl2FN3O3. The molecule has 1 fully saturated rings. The smallest absolute Gasteiger partial charge is 0.309 e. The SMILES string of the molecule is CC(C)[C@H]1c2ccc(F)cc2CC[C@@]1(CCN(C)CCCc1nc2ccccc2[nH]1)OC(=O)C1CC1.Cl.Cl.O. The van der Waals surface area contributed by atoms with E-state index in [0.29, 0.717) is 0 Å². The molecule has 0 spiro atoms. The van der Waals surface area contributed by atoms with Crippen molar-refractivity contribution in [2.45, 2.75) is 70.3 Å². The summed E-state index contributed by atoms with van der Waals surface area (Å²) >= 11 is 0. The predicted molar refractivity (Wildman–Crippen MR) is 158 cm³/mol. The minimum Gasteiger partial charge on any atom is -0.458 e. The van der Waals surface area contributed by atoms with Gasteiger partial charge in [-0.2, -0.15) is 0 Å². The van der Waals surface area contributed by atoms with Gasteiger partial charge in [0.1, 0.15) is 17.2 Å². The van der Waals surface area contributed by atoms with Gasteiger partial charge in [0.2, 0.25) is 0 Å². The standard InChI is InChI=1S/C30H38FN3O2.2ClH.H2O/c1-20(2)28-24-13-12-23(31)19-22(24)14-15-30(28,36-29(35)21-10-11-21)16-18-34(3)17-6-9-27-32-25-7-4-5-8-26(25)33-27;;;/h4-5,7-8,12-13,19-21,28H,6,9-11,14-18H2,1-3H3,(H,32,33);2*1H;1H2/t28-,30-;;;/m0.../s1. The maximum Gasteiger partial charge on any atom is 0.309 e. The Balaban J connectivity index is 0.00000178. The van der Waals surface area contributed by atoms with Crippen LogP contribution in [0.3, 0.4) is 0 Å². The van der Waals surface area contributed by atoms with E-state index in [-0.39, 0.29) is 59.8 Å². The number of hydrogen-bond donors (Lipinski definition) is 1. The number of nitrogens with zero attached hydrogens (tertiary/aromatic N) is 2. The van der Waals surface area contributed by atoms with E-state index >= 15 is 0 Å². The van der Waals surface area contributed by atoms with Gasteiger partial charge in [-0.3, -0.25) is 4.79 Å². The first-order valence-electron chi connectivity index (χ1n) is 13.5. The molecule has 0 bridgehead atoms. The quantitative estimate of drug-likeness (QED) is 0.295. The maximum atomic E-state index is 14.0. The summed E-state index contributed by atoms with van der Waals surface area (Å²) in [5.41, 5.74) is 3.75. The van der Waals surface area contributed by atoms with Crippen molar-refractivity contribution in [3.05, 3.63) is 65.2 Å². The number of H-pyrrole nitrogens is 1. The molecule has 0 radical (unpaired) electrons. The van der Waals surface area contributed by atoms with E-state index in [1.165, 1.54) is 0 Å². The van der Waals surface area contributed by atoms with Gasteiger partial charge in [0.25, 0.3) is 0 Å². The van der Waals surface area contributed by atoms with Crippen LogP contribution >= 0.6 is 24.8 Å². The maximum absolute atomic E-state index is 14.0. The molecule has 1 aromatic heterocycles. The average molecular weight is 583 g/mol. The first-order valence-corrected chi connectivity index (χ1v) is 13.5. The highest BCUT2D eigenvalue weighted by molar-refractivity contribution is 5.85. The number of aromatic amines is 1. The lowest BCUT2D eigenvalue weighted by atomic mass is 9.65. The number of carbonyl (C=O) groups excluding carboxylic acids is 1. The summed E-state index contributed by atoms with van der Waals surface area (Å²) in [6.07, 6.45) is 6.04. The van der Waals surface area contributed by atoms with Crippen LogP contribution in [0, 0.1) is 17.7 Å². The number of esters is 1. The van der Waals surface area contributed by atoms with Gasteiger partial charge in [-0.05, 0) is 87.0 Å². The molecule has 3 aromatic rings. The van der Waals surface area contributed by atoms with Crippen molar-refractivity contribution in [3.8, 4) is 0 Å². The molecular weight excluding hydrogens is 540 g/mol. The summed E-state index contributed by atoms with van der Waals surface area (Å²) in [5.74, 6) is 1.19. The van der Waals surface area contributed by atoms with Crippen molar-refractivity contribution in [2.24, 2.45) is 11.8 Å². The van der Waals surface area contributed by atoms with Crippen molar-refractivity contribution in [3.63, 3.8) is 0 Å². The number of imidazole rings is 1. The molecule has 9 heteroatoms. The highest BCUT2D eigenvalue weighted by atomic mass is 35.5. The molecule has 0 unspecified atom stereocenters. The van der Waals surface area contributed by atoms with Gasteiger partial charge in [0.05, 0.1) is 17.0 Å². The molecule has 3 N–H and O–H groups in total. The molecule has 1 heterocycles. The molecule has 2 aliphatic rings. The van der Waals surface area contributed by atoms with Crippen molar-refractivity contribution >= 4 is 41.8 Å². The second-order valence-corrected chi connectivity index (χ2v) is 11.2. The fourth-order valence-electron chi connectivity index (χ4n) is 6.03. The Kier molecular flexibility index (Phi) is 11.8. The number of hydrogen-bond acceptors (Lipinski definition) is 4. The Hall–Kier alpha value is -2.19. The van der Waals surface area contributed by atoms with Crippen LogP contribution in [0.4, 0.5) is 4.39 Å². The van der Waals surface area contributed by atoms with Gasteiger partial charge >= 0.3 is 5.97 Å². The molecule has 39 heavy (non-hydrogen) atoms. The third-order valence-electron chi connectivity index (χ3n) is 8.01. The van der Waals surface area contributed by atoms with Gasteiger partial charge in [-0.25, -0.2) is 9.37 Å². The zero-order valence-corrected chi connectivity index (χ0v) is 24.7. The van der Waals surface area contributed by atoms with Crippen LogP contribution in [-0.2, 0) is 22.4 Å². The van der Waals surface area contributed by atoms with E-state index in [9.17, 15) is 9.18 Å². The number of para-hydroxylation sites is 2. The third kappa shape index (κ3) is 7.51. The monoisotopic (exact) mass is 581 g/mol. The molecule has 0 saturated heterocycles. The van der Waals surface area contributed by atoms with Crippen LogP contribution in [0.25, 0.3) is 11.0 Å². The van der Waals surface area contributed by atoms with Gasteiger partial charge in [-0.1, -0.05) is 32.0 Å². The van der Waals surface area contributed by atoms with Gasteiger partial charge in [0, 0.05) is 25.3 Å². The Morgan fingerprint density at radius 2 is 1.92 bits per heavy atom. The minimum absolute atomic E-state index is 0. The Morgan fingerprint density at radius 1 is 1.18 bits per heavy atom. The van der Waals surface area contributed by atoms with Gasteiger partial charge in [0.15, 0.2) is 0 Å². The van der Waals surface area contributed by atoms with E-state index in [1.54, 1.807) is 12.1 Å². The lowest BCUT2D eigenvalue weighted by Gasteiger charge is -2.47. The number of halogens is 3. The zero-order valence-electron chi connectivity index (χ0n) is 23.0. The predicted octanol–water partition coefficient (Wildman–Crippen LogP) is 6.05. The lowest BCUT2D eigenvalue weighted by Crippen LogP contribution is -2.48. The molecule has 5 rings (SSSR count). The molecule has 2 aromatic carbocycles. The zero-order chi connectivity index (χ0) is 25.3. The third-order valence-corrected chi connectivity index (χ3v) is 8.01. The molecule has 2 aliphatic carbocycles. The van der Waals surface area contributed by atoms with Crippen LogP contribution in [-0.4, -0.2) is 52.1 Å². The van der Waals surface area contributed by atoms with Crippen LogP contribution < -0.4 is 0 Å². The first kappa shape index (κ1) is 33.0. The van der Waals surface area contributed by atoms with Crippen LogP contribution in [0.15, 0.2) is 42.5 Å². The fraction of sp³-hybridized carbons (Fsp3) is 0.533. The first-order chi connectivity index (χ1) is 17.3. The lowest BCUT2D eigenvalue weighted by molar-refractivity contribution is -0.169. The number of fused-ring (bicyclic) bond motifs is 2. The summed E-state index contributed by atoms with van der Waals surface area (Å²) in [6.45, 7) is 6.18. The second-order valence-electron chi connectivity index (χ2n) is 11.2. The summed E-state index contributed by atoms with van der Waals surface area (Å²) in [4.78, 5) is 23.4. The second kappa shape index (κ2) is 13.9. The Labute approximate surface area is 243 Å². The largest absolute Gasteiger partial charge is 0.458 e. The molecule has 1 saturated carbocycles. The molecule has 6 nitrogen and oxygen atoms in total. The van der Waals surface area contributed by atoms with E-state index < -0.39 is 5.60 Å².